The molecule has 4 rings (SSSR count). The number of hydrogen-bond acceptors (Lipinski definition) is 3. The fourth-order valence-corrected chi connectivity index (χ4v) is 3.81. The molecule has 0 saturated carbocycles. The van der Waals surface area contributed by atoms with E-state index in [2.05, 4.69) is 41.1 Å². The number of benzene rings is 1. The van der Waals surface area contributed by atoms with Crippen LogP contribution in [0, 0.1) is 0 Å². The minimum absolute atomic E-state index is 0.430. The number of nitrogens with zero attached hydrogens (tertiary/aromatic N) is 2. The first-order chi connectivity index (χ1) is 10.3. The highest BCUT2D eigenvalue weighted by Crippen LogP contribution is 2.34. The second-order valence-corrected chi connectivity index (χ2v) is 6.27. The smallest absolute Gasteiger partial charge is 0.123 e. The summed E-state index contributed by atoms with van der Waals surface area (Å²) in [7, 11) is 0. The molecule has 2 fully saturated rings. The number of ether oxygens (including phenoxy) is 1. The van der Waals surface area contributed by atoms with E-state index in [0.717, 1.165) is 30.9 Å². The predicted octanol–water partition coefficient (Wildman–Crippen LogP) is 2.86. The summed E-state index contributed by atoms with van der Waals surface area (Å²) in [5.41, 5.74) is 2.35. The molecule has 4 heteroatoms. The Kier molecular flexibility index (Phi) is 3.43. The molecule has 3 heterocycles. The van der Waals surface area contributed by atoms with E-state index in [-0.39, 0.29) is 0 Å². The molecule has 0 spiro atoms. The average molecular weight is 285 g/mol. The zero-order chi connectivity index (χ0) is 14.2. The van der Waals surface area contributed by atoms with Gasteiger partial charge >= 0.3 is 0 Å². The Morgan fingerprint density at radius 2 is 2.24 bits per heavy atom. The third-order valence-electron chi connectivity index (χ3n) is 4.81. The molecule has 0 amide bonds. The van der Waals surface area contributed by atoms with E-state index >= 15 is 0 Å². The van der Waals surface area contributed by atoms with Crippen LogP contribution in [-0.4, -0.2) is 27.8 Å². The van der Waals surface area contributed by atoms with E-state index in [1.807, 2.05) is 0 Å². The van der Waals surface area contributed by atoms with Crippen LogP contribution in [0.2, 0.25) is 0 Å². The topological polar surface area (TPSA) is 39.1 Å². The van der Waals surface area contributed by atoms with Crippen molar-refractivity contribution < 1.29 is 4.74 Å². The summed E-state index contributed by atoms with van der Waals surface area (Å²) >= 11 is 0. The standard InChI is InChI=1S/C17H23N3O/c1-2-9-20-15-6-4-3-5-13(15)19-17(20)11-18-14-10-12-7-8-16(14)21-12/h3-6,12,14,16,18H,2,7-11H2,1H3. The van der Waals surface area contributed by atoms with Crippen molar-refractivity contribution in [2.24, 2.45) is 0 Å². The molecule has 4 nitrogen and oxygen atoms in total. The van der Waals surface area contributed by atoms with Gasteiger partial charge in [-0.25, -0.2) is 4.98 Å². The van der Waals surface area contributed by atoms with Gasteiger partial charge in [-0.3, -0.25) is 0 Å². The van der Waals surface area contributed by atoms with Crippen LogP contribution in [0.4, 0.5) is 0 Å². The summed E-state index contributed by atoms with van der Waals surface area (Å²) < 4.78 is 8.28. The lowest BCUT2D eigenvalue weighted by molar-refractivity contribution is 0.0971. The Morgan fingerprint density at radius 1 is 1.33 bits per heavy atom. The van der Waals surface area contributed by atoms with Gasteiger partial charge in [0.1, 0.15) is 5.82 Å². The van der Waals surface area contributed by atoms with Crippen molar-refractivity contribution in [2.75, 3.05) is 0 Å². The largest absolute Gasteiger partial charge is 0.373 e. The van der Waals surface area contributed by atoms with E-state index in [4.69, 9.17) is 9.72 Å². The molecular formula is C17H23N3O. The molecule has 2 saturated heterocycles. The Bertz CT molecular complexity index is 636. The van der Waals surface area contributed by atoms with Crippen molar-refractivity contribution in [3.05, 3.63) is 30.1 Å². The Hall–Kier alpha value is -1.39. The molecule has 112 valence electrons. The van der Waals surface area contributed by atoms with E-state index in [9.17, 15) is 0 Å². The van der Waals surface area contributed by atoms with Gasteiger partial charge in [0, 0.05) is 12.6 Å². The van der Waals surface area contributed by atoms with Crippen LogP contribution in [0.5, 0.6) is 0 Å². The van der Waals surface area contributed by atoms with Crippen molar-refractivity contribution in [2.45, 2.75) is 63.9 Å². The number of para-hydroxylation sites is 2. The number of aryl methyl sites for hydroxylation is 1. The number of rotatable bonds is 5. The molecule has 2 aliphatic heterocycles. The number of fused-ring (bicyclic) bond motifs is 3. The SMILES string of the molecule is CCCn1c(CNC2CC3CCC2O3)nc2ccccc21. The predicted molar refractivity (Wildman–Crippen MR) is 83.2 cm³/mol. The second-order valence-electron chi connectivity index (χ2n) is 6.27. The average Bonchev–Trinajstić information content (AvgIpc) is 3.20. The molecule has 2 aromatic rings. The van der Waals surface area contributed by atoms with Gasteiger partial charge in [-0.2, -0.15) is 0 Å². The summed E-state index contributed by atoms with van der Waals surface area (Å²) in [6.45, 7) is 4.09. The van der Waals surface area contributed by atoms with Crippen molar-refractivity contribution in [3.8, 4) is 0 Å². The highest BCUT2D eigenvalue weighted by molar-refractivity contribution is 5.75. The molecule has 0 radical (unpaired) electrons. The van der Waals surface area contributed by atoms with Gasteiger partial charge in [0.05, 0.1) is 29.8 Å². The molecule has 1 N–H and O–H groups in total. The normalized spacial score (nSPS) is 27.8. The number of nitrogens with one attached hydrogen (secondary N) is 1. The third kappa shape index (κ3) is 2.36. The minimum atomic E-state index is 0.430. The van der Waals surface area contributed by atoms with Crippen LogP contribution < -0.4 is 5.32 Å². The van der Waals surface area contributed by atoms with E-state index in [1.54, 1.807) is 0 Å². The molecule has 1 aromatic carbocycles. The van der Waals surface area contributed by atoms with Crippen LogP contribution in [0.15, 0.2) is 24.3 Å². The molecule has 21 heavy (non-hydrogen) atoms. The summed E-state index contributed by atoms with van der Waals surface area (Å²) in [5.74, 6) is 1.15. The van der Waals surface area contributed by atoms with Gasteiger partial charge in [0.25, 0.3) is 0 Å². The van der Waals surface area contributed by atoms with Crippen LogP contribution in [0.25, 0.3) is 11.0 Å². The summed E-state index contributed by atoms with van der Waals surface area (Å²) in [6.07, 6.45) is 5.69. The first-order valence-electron chi connectivity index (χ1n) is 8.18. The van der Waals surface area contributed by atoms with Gasteiger partial charge in [-0.1, -0.05) is 19.1 Å². The number of hydrogen-bond donors (Lipinski definition) is 1. The van der Waals surface area contributed by atoms with Crippen LogP contribution in [0.3, 0.4) is 0 Å². The van der Waals surface area contributed by atoms with Crippen LogP contribution in [0.1, 0.15) is 38.4 Å². The highest BCUT2D eigenvalue weighted by Gasteiger charge is 2.40. The summed E-state index contributed by atoms with van der Waals surface area (Å²) in [4.78, 5) is 4.81. The fourth-order valence-electron chi connectivity index (χ4n) is 3.81. The van der Waals surface area contributed by atoms with E-state index < -0.39 is 0 Å². The fraction of sp³-hybridized carbons (Fsp3) is 0.588. The van der Waals surface area contributed by atoms with Crippen LogP contribution >= 0.6 is 0 Å². The van der Waals surface area contributed by atoms with Crippen molar-refractivity contribution in [1.82, 2.24) is 14.9 Å². The quantitative estimate of drug-likeness (QED) is 0.918. The first kappa shape index (κ1) is 13.3. The lowest BCUT2D eigenvalue weighted by Gasteiger charge is -2.20. The lowest BCUT2D eigenvalue weighted by Crippen LogP contribution is -2.37. The maximum atomic E-state index is 5.92. The van der Waals surface area contributed by atoms with Crippen LogP contribution in [-0.2, 0) is 17.8 Å². The molecule has 3 unspecified atom stereocenters. The Labute approximate surface area is 125 Å². The molecule has 1 aromatic heterocycles. The van der Waals surface area contributed by atoms with Crippen molar-refractivity contribution in [1.29, 1.82) is 0 Å². The molecule has 2 aliphatic rings. The summed E-state index contributed by atoms with van der Waals surface area (Å²) in [5, 5.41) is 3.68. The van der Waals surface area contributed by atoms with Crippen molar-refractivity contribution >= 4 is 11.0 Å². The zero-order valence-electron chi connectivity index (χ0n) is 12.6. The zero-order valence-corrected chi connectivity index (χ0v) is 12.6. The van der Waals surface area contributed by atoms with Crippen molar-refractivity contribution in [3.63, 3.8) is 0 Å². The van der Waals surface area contributed by atoms with E-state index in [1.165, 1.54) is 24.8 Å². The third-order valence-corrected chi connectivity index (χ3v) is 4.81. The second kappa shape index (κ2) is 5.43. The monoisotopic (exact) mass is 285 g/mol. The Balaban J connectivity index is 1.54. The molecule has 3 atom stereocenters. The van der Waals surface area contributed by atoms with Gasteiger partial charge < -0.3 is 14.6 Å². The number of imidazole rings is 1. The number of aromatic nitrogens is 2. The van der Waals surface area contributed by atoms with Gasteiger partial charge in [0.2, 0.25) is 0 Å². The summed E-state index contributed by atoms with van der Waals surface area (Å²) in [6, 6.07) is 8.94. The maximum Gasteiger partial charge on any atom is 0.123 e. The molecule has 2 bridgehead atoms. The Morgan fingerprint density at radius 3 is 3.00 bits per heavy atom. The van der Waals surface area contributed by atoms with E-state index in [0.29, 0.717) is 18.2 Å². The lowest BCUT2D eigenvalue weighted by atomic mass is 9.95. The van der Waals surface area contributed by atoms with Gasteiger partial charge in [-0.15, -0.1) is 0 Å². The molecular weight excluding hydrogens is 262 g/mol. The van der Waals surface area contributed by atoms with Gasteiger partial charge in [-0.05, 0) is 37.8 Å². The molecule has 0 aliphatic carbocycles. The maximum absolute atomic E-state index is 5.92. The minimum Gasteiger partial charge on any atom is -0.373 e. The van der Waals surface area contributed by atoms with Gasteiger partial charge in [0.15, 0.2) is 0 Å². The highest BCUT2D eigenvalue weighted by atomic mass is 16.5. The first-order valence-corrected chi connectivity index (χ1v) is 8.18.